The van der Waals surface area contributed by atoms with Gasteiger partial charge < -0.3 is 10.0 Å². The predicted octanol–water partition coefficient (Wildman–Crippen LogP) is 1.75. The van der Waals surface area contributed by atoms with E-state index in [4.69, 9.17) is 5.11 Å². The van der Waals surface area contributed by atoms with Crippen molar-refractivity contribution in [2.75, 3.05) is 18.0 Å². The Morgan fingerprint density at radius 1 is 1.67 bits per heavy atom. The van der Waals surface area contributed by atoms with E-state index in [1.165, 1.54) is 0 Å². The minimum Gasteiger partial charge on any atom is -0.481 e. The molecule has 0 radical (unpaired) electrons. The van der Waals surface area contributed by atoms with Crippen LogP contribution in [0.2, 0.25) is 0 Å². The fourth-order valence-corrected chi connectivity index (χ4v) is 2.27. The van der Waals surface area contributed by atoms with Crippen LogP contribution < -0.4 is 4.90 Å². The smallest absolute Gasteiger partial charge is 0.308 e. The first kappa shape index (κ1) is 10.4. The number of carboxylic acid groups (broad SMARTS) is 1. The Hall–Kier alpha value is -1.10. The van der Waals surface area contributed by atoms with Crippen LogP contribution in [-0.4, -0.2) is 29.1 Å². The van der Waals surface area contributed by atoms with Crippen molar-refractivity contribution in [1.29, 1.82) is 0 Å². The Kier molecular flexibility index (Phi) is 2.90. The van der Waals surface area contributed by atoms with Gasteiger partial charge in [0.2, 0.25) is 0 Å². The summed E-state index contributed by atoms with van der Waals surface area (Å²) in [5, 5.41) is 8.89. The van der Waals surface area contributed by atoms with Crippen LogP contribution in [0, 0.1) is 5.92 Å². The summed E-state index contributed by atoms with van der Waals surface area (Å²) >= 11 is 3.41. The molecule has 1 aromatic heterocycles. The second-order valence-electron chi connectivity index (χ2n) is 3.58. The molecular weight excluding hydrogens is 260 g/mol. The van der Waals surface area contributed by atoms with E-state index >= 15 is 0 Å². The number of halogens is 1. The maximum Gasteiger partial charge on any atom is 0.308 e. The number of aliphatic carboxylic acids is 1. The van der Waals surface area contributed by atoms with E-state index in [1.807, 2.05) is 17.0 Å². The third-order valence-electron chi connectivity index (χ3n) is 2.58. The van der Waals surface area contributed by atoms with E-state index in [1.54, 1.807) is 6.20 Å². The first-order valence-electron chi connectivity index (χ1n) is 4.77. The SMILES string of the molecule is O=C(O)C1CCN(c2ncccc2Br)C1. The Labute approximate surface area is 96.1 Å². The highest BCUT2D eigenvalue weighted by atomic mass is 79.9. The molecule has 5 heteroatoms. The molecule has 1 fully saturated rings. The maximum absolute atomic E-state index is 10.8. The van der Waals surface area contributed by atoms with Gasteiger partial charge in [-0.1, -0.05) is 0 Å². The molecule has 0 aromatic carbocycles. The van der Waals surface area contributed by atoms with Crippen LogP contribution in [-0.2, 0) is 4.79 Å². The number of hydrogen-bond acceptors (Lipinski definition) is 3. The van der Waals surface area contributed by atoms with E-state index in [0.29, 0.717) is 13.0 Å². The zero-order valence-electron chi connectivity index (χ0n) is 8.06. The van der Waals surface area contributed by atoms with Gasteiger partial charge in [-0.15, -0.1) is 0 Å². The molecule has 0 spiro atoms. The molecule has 0 saturated carbocycles. The molecule has 4 nitrogen and oxygen atoms in total. The van der Waals surface area contributed by atoms with Crippen molar-refractivity contribution in [2.24, 2.45) is 5.92 Å². The Morgan fingerprint density at radius 3 is 3.07 bits per heavy atom. The van der Waals surface area contributed by atoms with Crippen molar-refractivity contribution in [3.63, 3.8) is 0 Å². The fraction of sp³-hybridized carbons (Fsp3) is 0.400. The molecule has 80 valence electrons. The number of aromatic nitrogens is 1. The zero-order valence-corrected chi connectivity index (χ0v) is 9.64. The first-order chi connectivity index (χ1) is 7.18. The van der Waals surface area contributed by atoms with Crippen LogP contribution in [0.4, 0.5) is 5.82 Å². The normalized spacial score (nSPS) is 20.6. The lowest BCUT2D eigenvalue weighted by molar-refractivity contribution is -0.140. The lowest BCUT2D eigenvalue weighted by atomic mass is 10.1. The van der Waals surface area contributed by atoms with Gasteiger partial charge in [0.15, 0.2) is 0 Å². The summed E-state index contributed by atoms with van der Waals surface area (Å²) in [5.74, 6) is -0.148. The van der Waals surface area contributed by atoms with Gasteiger partial charge in [-0.05, 0) is 34.5 Å². The van der Waals surface area contributed by atoms with Crippen LogP contribution in [0.3, 0.4) is 0 Å². The monoisotopic (exact) mass is 270 g/mol. The van der Waals surface area contributed by atoms with Crippen LogP contribution in [0.25, 0.3) is 0 Å². The van der Waals surface area contributed by atoms with Crippen molar-refractivity contribution in [3.8, 4) is 0 Å². The number of nitrogens with zero attached hydrogens (tertiary/aromatic N) is 2. The fourth-order valence-electron chi connectivity index (χ4n) is 1.76. The second kappa shape index (κ2) is 4.18. The third kappa shape index (κ3) is 2.12. The Balaban J connectivity index is 2.14. The lowest BCUT2D eigenvalue weighted by Crippen LogP contribution is -2.23. The molecule has 1 atom stereocenters. The Morgan fingerprint density at radius 2 is 2.47 bits per heavy atom. The average Bonchev–Trinajstić information content (AvgIpc) is 2.67. The molecule has 0 aliphatic carbocycles. The molecule has 0 amide bonds. The molecule has 1 unspecified atom stereocenters. The highest BCUT2D eigenvalue weighted by Gasteiger charge is 2.29. The number of carbonyl (C=O) groups is 1. The van der Waals surface area contributed by atoms with Crippen molar-refractivity contribution in [2.45, 2.75) is 6.42 Å². The number of anilines is 1. The molecule has 1 saturated heterocycles. The van der Waals surface area contributed by atoms with Crippen LogP contribution in [0.15, 0.2) is 22.8 Å². The topological polar surface area (TPSA) is 53.4 Å². The summed E-state index contributed by atoms with van der Waals surface area (Å²) in [6, 6.07) is 3.76. The summed E-state index contributed by atoms with van der Waals surface area (Å²) in [5.41, 5.74) is 0. The minimum atomic E-state index is -0.718. The predicted molar refractivity (Wildman–Crippen MR) is 59.9 cm³/mol. The molecule has 2 heterocycles. The summed E-state index contributed by atoms with van der Waals surface area (Å²) in [6.45, 7) is 1.30. The molecule has 1 N–H and O–H groups in total. The summed E-state index contributed by atoms with van der Waals surface area (Å²) in [7, 11) is 0. The van der Waals surface area contributed by atoms with Gasteiger partial charge in [0, 0.05) is 19.3 Å². The zero-order chi connectivity index (χ0) is 10.8. The quantitative estimate of drug-likeness (QED) is 0.890. The van der Waals surface area contributed by atoms with Crippen LogP contribution >= 0.6 is 15.9 Å². The van der Waals surface area contributed by atoms with Gasteiger partial charge in [0.1, 0.15) is 5.82 Å². The number of pyridine rings is 1. The second-order valence-corrected chi connectivity index (χ2v) is 4.43. The molecule has 1 aliphatic heterocycles. The molecule has 1 aromatic rings. The van der Waals surface area contributed by atoms with Gasteiger partial charge in [0.25, 0.3) is 0 Å². The van der Waals surface area contributed by atoms with Gasteiger partial charge in [0.05, 0.1) is 10.4 Å². The van der Waals surface area contributed by atoms with Crippen molar-refractivity contribution in [1.82, 2.24) is 4.98 Å². The van der Waals surface area contributed by atoms with E-state index in [9.17, 15) is 4.79 Å². The van der Waals surface area contributed by atoms with Crippen molar-refractivity contribution in [3.05, 3.63) is 22.8 Å². The maximum atomic E-state index is 10.8. The van der Waals surface area contributed by atoms with Crippen LogP contribution in [0.5, 0.6) is 0 Å². The van der Waals surface area contributed by atoms with Crippen molar-refractivity contribution < 1.29 is 9.90 Å². The standard InChI is InChI=1S/C10H11BrN2O2/c11-8-2-1-4-12-9(8)13-5-3-7(6-13)10(14)15/h1-2,4,7H,3,5-6H2,(H,14,15). The summed E-state index contributed by atoms with van der Waals surface area (Å²) < 4.78 is 0.913. The number of carboxylic acids is 1. The Bertz CT molecular complexity index is 383. The van der Waals surface area contributed by atoms with Crippen LogP contribution in [0.1, 0.15) is 6.42 Å². The van der Waals surface area contributed by atoms with E-state index in [0.717, 1.165) is 16.8 Å². The third-order valence-corrected chi connectivity index (χ3v) is 3.20. The van der Waals surface area contributed by atoms with Gasteiger partial charge in [-0.3, -0.25) is 4.79 Å². The van der Waals surface area contributed by atoms with E-state index in [2.05, 4.69) is 20.9 Å². The molecule has 15 heavy (non-hydrogen) atoms. The van der Waals surface area contributed by atoms with E-state index < -0.39 is 5.97 Å². The van der Waals surface area contributed by atoms with Gasteiger partial charge in [-0.2, -0.15) is 0 Å². The van der Waals surface area contributed by atoms with Gasteiger partial charge in [-0.25, -0.2) is 4.98 Å². The molecular formula is C10H11BrN2O2. The largest absolute Gasteiger partial charge is 0.481 e. The molecule has 0 bridgehead atoms. The average molecular weight is 271 g/mol. The minimum absolute atomic E-state index is 0.265. The summed E-state index contributed by atoms with van der Waals surface area (Å²) in [6.07, 6.45) is 2.41. The van der Waals surface area contributed by atoms with Gasteiger partial charge >= 0.3 is 5.97 Å². The van der Waals surface area contributed by atoms with E-state index in [-0.39, 0.29) is 5.92 Å². The highest BCUT2D eigenvalue weighted by molar-refractivity contribution is 9.10. The number of hydrogen-bond donors (Lipinski definition) is 1. The first-order valence-corrected chi connectivity index (χ1v) is 5.56. The molecule has 1 aliphatic rings. The lowest BCUT2D eigenvalue weighted by Gasteiger charge is -2.17. The summed E-state index contributed by atoms with van der Waals surface area (Å²) in [4.78, 5) is 17.0. The molecule has 2 rings (SSSR count). The highest BCUT2D eigenvalue weighted by Crippen LogP contribution is 2.28. The van der Waals surface area contributed by atoms with Crippen molar-refractivity contribution >= 4 is 27.7 Å². The number of rotatable bonds is 2.